The van der Waals surface area contributed by atoms with Gasteiger partial charge in [0.1, 0.15) is 0 Å². The summed E-state index contributed by atoms with van der Waals surface area (Å²) < 4.78 is 0. The SMILES string of the molecule is CCNC1CC2CCC(C1)N2CC1CCCCN1C. The topological polar surface area (TPSA) is 18.5 Å². The van der Waals surface area contributed by atoms with Gasteiger partial charge in [0.25, 0.3) is 0 Å². The van der Waals surface area contributed by atoms with Gasteiger partial charge in [0, 0.05) is 30.7 Å². The average molecular weight is 265 g/mol. The van der Waals surface area contributed by atoms with E-state index in [2.05, 4.69) is 29.1 Å². The Labute approximate surface area is 118 Å². The lowest BCUT2D eigenvalue weighted by Gasteiger charge is -2.43. The third kappa shape index (κ3) is 2.98. The van der Waals surface area contributed by atoms with E-state index >= 15 is 0 Å². The number of nitrogens with zero attached hydrogens (tertiary/aromatic N) is 2. The number of hydrogen-bond donors (Lipinski definition) is 1. The molecule has 3 unspecified atom stereocenters. The molecule has 19 heavy (non-hydrogen) atoms. The summed E-state index contributed by atoms with van der Waals surface area (Å²) in [5, 5.41) is 3.68. The quantitative estimate of drug-likeness (QED) is 0.839. The van der Waals surface area contributed by atoms with Crippen LogP contribution in [0.15, 0.2) is 0 Å². The van der Waals surface area contributed by atoms with E-state index in [0.717, 1.165) is 30.7 Å². The van der Waals surface area contributed by atoms with Gasteiger partial charge in [-0.2, -0.15) is 0 Å². The first-order valence-electron chi connectivity index (χ1n) is 8.47. The van der Waals surface area contributed by atoms with Crippen LogP contribution in [0.2, 0.25) is 0 Å². The Morgan fingerprint density at radius 2 is 1.79 bits per heavy atom. The summed E-state index contributed by atoms with van der Waals surface area (Å²) in [5.74, 6) is 0. The second-order valence-electron chi connectivity index (χ2n) is 6.94. The van der Waals surface area contributed by atoms with E-state index in [1.54, 1.807) is 0 Å². The van der Waals surface area contributed by atoms with Crippen molar-refractivity contribution in [3.8, 4) is 0 Å². The van der Waals surface area contributed by atoms with Gasteiger partial charge in [-0.1, -0.05) is 13.3 Å². The van der Waals surface area contributed by atoms with Gasteiger partial charge in [-0.15, -0.1) is 0 Å². The van der Waals surface area contributed by atoms with E-state index in [1.165, 1.54) is 58.0 Å². The standard InChI is InChI=1S/C16H31N3/c1-3-17-13-10-14-7-8-15(11-13)19(14)12-16-6-4-5-9-18(16)2/h13-17H,3-12H2,1-2H3. The van der Waals surface area contributed by atoms with E-state index in [4.69, 9.17) is 0 Å². The Kier molecular flexibility index (Phi) is 4.45. The molecule has 0 amide bonds. The number of nitrogens with one attached hydrogen (secondary N) is 1. The molecule has 3 aliphatic heterocycles. The van der Waals surface area contributed by atoms with Gasteiger partial charge in [0.05, 0.1) is 0 Å². The Bertz CT molecular complexity index is 280. The van der Waals surface area contributed by atoms with Gasteiger partial charge in [-0.3, -0.25) is 4.90 Å². The average Bonchev–Trinajstić information content (AvgIpc) is 2.64. The van der Waals surface area contributed by atoms with Crippen molar-refractivity contribution in [1.82, 2.24) is 15.1 Å². The monoisotopic (exact) mass is 265 g/mol. The molecule has 3 fully saturated rings. The van der Waals surface area contributed by atoms with Crippen LogP contribution in [0.3, 0.4) is 0 Å². The molecule has 0 aromatic rings. The zero-order valence-electron chi connectivity index (χ0n) is 12.8. The van der Waals surface area contributed by atoms with Crippen molar-refractivity contribution in [1.29, 1.82) is 0 Å². The lowest BCUT2D eigenvalue weighted by Crippen LogP contribution is -2.54. The van der Waals surface area contributed by atoms with Crippen LogP contribution in [-0.4, -0.2) is 60.6 Å². The highest BCUT2D eigenvalue weighted by atomic mass is 15.3. The zero-order valence-corrected chi connectivity index (χ0v) is 12.8. The smallest absolute Gasteiger partial charge is 0.0220 e. The molecule has 3 atom stereocenters. The lowest BCUT2D eigenvalue weighted by atomic mass is 9.95. The summed E-state index contributed by atoms with van der Waals surface area (Å²) in [5.41, 5.74) is 0. The van der Waals surface area contributed by atoms with Gasteiger partial charge in [-0.05, 0) is 58.7 Å². The van der Waals surface area contributed by atoms with Crippen molar-refractivity contribution in [3.63, 3.8) is 0 Å². The summed E-state index contributed by atoms with van der Waals surface area (Å²) >= 11 is 0. The van der Waals surface area contributed by atoms with E-state index in [0.29, 0.717) is 0 Å². The molecular weight excluding hydrogens is 234 g/mol. The normalized spacial score (nSPS) is 40.7. The van der Waals surface area contributed by atoms with Gasteiger partial charge in [0.15, 0.2) is 0 Å². The highest BCUT2D eigenvalue weighted by molar-refractivity contribution is 4.98. The molecule has 1 N–H and O–H groups in total. The van der Waals surface area contributed by atoms with Crippen LogP contribution in [0.1, 0.15) is 51.9 Å². The molecule has 3 heterocycles. The number of hydrogen-bond acceptors (Lipinski definition) is 3. The molecule has 3 aliphatic rings. The van der Waals surface area contributed by atoms with Crippen LogP contribution in [0.4, 0.5) is 0 Å². The van der Waals surface area contributed by atoms with Crippen LogP contribution < -0.4 is 5.32 Å². The first-order chi connectivity index (χ1) is 9.28. The van der Waals surface area contributed by atoms with Crippen LogP contribution >= 0.6 is 0 Å². The predicted octanol–water partition coefficient (Wildman–Crippen LogP) is 2.08. The maximum atomic E-state index is 3.68. The molecule has 0 spiro atoms. The number of fused-ring (bicyclic) bond motifs is 2. The first-order valence-corrected chi connectivity index (χ1v) is 8.47. The minimum Gasteiger partial charge on any atom is -0.314 e. The molecule has 0 aromatic heterocycles. The fourth-order valence-corrected chi connectivity index (χ4v) is 4.65. The van der Waals surface area contributed by atoms with E-state index in [1.807, 2.05) is 0 Å². The van der Waals surface area contributed by atoms with Crippen molar-refractivity contribution in [2.75, 3.05) is 26.7 Å². The maximum absolute atomic E-state index is 3.68. The Morgan fingerprint density at radius 3 is 2.42 bits per heavy atom. The molecule has 3 heteroatoms. The van der Waals surface area contributed by atoms with Crippen molar-refractivity contribution >= 4 is 0 Å². The van der Waals surface area contributed by atoms with E-state index < -0.39 is 0 Å². The molecule has 0 saturated carbocycles. The minimum absolute atomic E-state index is 0.794. The summed E-state index contributed by atoms with van der Waals surface area (Å²) in [4.78, 5) is 5.49. The van der Waals surface area contributed by atoms with Crippen LogP contribution in [-0.2, 0) is 0 Å². The second kappa shape index (κ2) is 6.11. The summed E-state index contributed by atoms with van der Waals surface area (Å²) in [6.07, 6.45) is 9.94. The maximum Gasteiger partial charge on any atom is 0.0220 e. The molecule has 3 nitrogen and oxygen atoms in total. The molecule has 0 aliphatic carbocycles. The van der Waals surface area contributed by atoms with Crippen LogP contribution in [0.25, 0.3) is 0 Å². The number of likely N-dealkylation sites (tertiary alicyclic amines) is 1. The highest BCUT2D eigenvalue weighted by Crippen LogP contribution is 2.36. The summed E-state index contributed by atoms with van der Waals surface area (Å²) in [6.45, 7) is 6.03. The van der Waals surface area contributed by atoms with Crippen molar-refractivity contribution in [2.45, 2.75) is 76.0 Å². The van der Waals surface area contributed by atoms with Crippen molar-refractivity contribution in [2.24, 2.45) is 0 Å². The number of likely N-dealkylation sites (N-methyl/N-ethyl adjacent to an activating group) is 1. The molecule has 3 saturated heterocycles. The van der Waals surface area contributed by atoms with Gasteiger partial charge in [0.2, 0.25) is 0 Å². The van der Waals surface area contributed by atoms with E-state index in [9.17, 15) is 0 Å². The van der Waals surface area contributed by atoms with Crippen molar-refractivity contribution in [3.05, 3.63) is 0 Å². The molecule has 0 radical (unpaired) electrons. The number of rotatable bonds is 4. The Morgan fingerprint density at radius 1 is 1.05 bits per heavy atom. The fourth-order valence-electron chi connectivity index (χ4n) is 4.65. The minimum atomic E-state index is 0.794. The predicted molar refractivity (Wildman–Crippen MR) is 80.5 cm³/mol. The van der Waals surface area contributed by atoms with Gasteiger partial charge >= 0.3 is 0 Å². The highest BCUT2D eigenvalue weighted by Gasteiger charge is 2.41. The van der Waals surface area contributed by atoms with Crippen LogP contribution in [0, 0.1) is 0 Å². The molecular formula is C16H31N3. The van der Waals surface area contributed by atoms with Gasteiger partial charge < -0.3 is 10.2 Å². The van der Waals surface area contributed by atoms with Gasteiger partial charge in [-0.25, -0.2) is 0 Å². The van der Waals surface area contributed by atoms with Crippen molar-refractivity contribution < 1.29 is 0 Å². The lowest BCUT2D eigenvalue weighted by molar-refractivity contribution is 0.0650. The Balaban J connectivity index is 1.57. The molecule has 110 valence electrons. The molecule has 0 aromatic carbocycles. The zero-order chi connectivity index (χ0) is 13.2. The fraction of sp³-hybridized carbons (Fsp3) is 1.00. The molecule has 2 bridgehead atoms. The largest absolute Gasteiger partial charge is 0.314 e. The Hall–Kier alpha value is -0.120. The van der Waals surface area contributed by atoms with Crippen LogP contribution in [0.5, 0.6) is 0 Å². The van der Waals surface area contributed by atoms with E-state index in [-0.39, 0.29) is 0 Å². The second-order valence-corrected chi connectivity index (χ2v) is 6.94. The third-order valence-corrected chi connectivity index (χ3v) is 5.72. The summed E-state index contributed by atoms with van der Waals surface area (Å²) in [6, 6.07) is 3.37. The third-order valence-electron chi connectivity index (χ3n) is 5.72. The number of piperidine rings is 2. The summed E-state index contributed by atoms with van der Waals surface area (Å²) in [7, 11) is 2.33. The first kappa shape index (κ1) is 13.8. The molecule has 3 rings (SSSR count).